The van der Waals surface area contributed by atoms with Gasteiger partial charge in [-0.1, -0.05) is 30.3 Å². The molecule has 1 unspecified atom stereocenters. The van der Waals surface area contributed by atoms with Crippen LogP contribution in [0.3, 0.4) is 0 Å². The van der Waals surface area contributed by atoms with Crippen molar-refractivity contribution < 1.29 is 44.6 Å². The fourth-order valence-electron chi connectivity index (χ4n) is 2.63. The smallest absolute Gasteiger partial charge is 0.324 e. The van der Waals surface area contributed by atoms with Gasteiger partial charge in [-0.25, -0.2) is 30.4 Å². The van der Waals surface area contributed by atoms with Crippen LogP contribution >= 0.6 is 0 Å². The Hall–Kier alpha value is -2.57. The Morgan fingerprint density at radius 1 is 0.939 bits per heavy atom. The van der Waals surface area contributed by atoms with E-state index in [-0.39, 0.29) is 19.6 Å². The first-order valence-electron chi connectivity index (χ1n) is 9.63. The summed E-state index contributed by atoms with van der Waals surface area (Å²) >= 11 is 0. The number of hydrogen-bond acceptors (Lipinski definition) is 5. The van der Waals surface area contributed by atoms with Gasteiger partial charge >= 0.3 is 5.97 Å². The van der Waals surface area contributed by atoms with Gasteiger partial charge in [0.25, 0.3) is 0 Å². The zero-order valence-corrected chi connectivity index (χ0v) is 18.7. The molecule has 0 fully saturated rings. The van der Waals surface area contributed by atoms with Crippen molar-refractivity contribution in [1.82, 2.24) is 4.72 Å². The van der Waals surface area contributed by atoms with Gasteiger partial charge in [-0.15, -0.1) is 0 Å². The summed E-state index contributed by atoms with van der Waals surface area (Å²) in [5.41, 5.74) is -0.274. The monoisotopic (exact) mass is 495 g/mol. The van der Waals surface area contributed by atoms with Crippen molar-refractivity contribution in [2.75, 3.05) is 6.61 Å². The summed E-state index contributed by atoms with van der Waals surface area (Å²) < 4.78 is 106. The van der Waals surface area contributed by atoms with E-state index in [9.17, 15) is 35.2 Å². The third-order valence-electron chi connectivity index (χ3n) is 4.09. The van der Waals surface area contributed by atoms with E-state index >= 15 is 0 Å². The van der Waals surface area contributed by atoms with Crippen LogP contribution in [0, 0.1) is 29.1 Å². The van der Waals surface area contributed by atoms with Gasteiger partial charge < -0.3 is 9.47 Å². The second-order valence-electron chi connectivity index (χ2n) is 7.93. The Morgan fingerprint density at radius 2 is 1.45 bits per heavy atom. The molecule has 0 radical (unpaired) electrons. The van der Waals surface area contributed by atoms with E-state index in [0.29, 0.717) is 0 Å². The molecule has 0 aromatic heterocycles. The number of halogens is 5. The van der Waals surface area contributed by atoms with Crippen molar-refractivity contribution in [3.8, 4) is 0 Å². The van der Waals surface area contributed by atoms with Crippen LogP contribution in [0.5, 0.6) is 0 Å². The van der Waals surface area contributed by atoms with Crippen LogP contribution in [0.15, 0.2) is 35.2 Å². The molecule has 0 aliphatic carbocycles. The van der Waals surface area contributed by atoms with Crippen LogP contribution < -0.4 is 4.72 Å². The molecule has 0 bridgehead atoms. The molecule has 0 saturated carbocycles. The summed E-state index contributed by atoms with van der Waals surface area (Å²) in [5, 5.41) is 0. The second-order valence-corrected chi connectivity index (χ2v) is 9.58. The largest absolute Gasteiger partial charge is 0.459 e. The molecule has 12 heteroatoms. The second kappa shape index (κ2) is 10.6. The van der Waals surface area contributed by atoms with E-state index in [4.69, 9.17) is 9.47 Å². The summed E-state index contributed by atoms with van der Waals surface area (Å²) in [7, 11) is -5.38. The van der Waals surface area contributed by atoms with Gasteiger partial charge in [0.05, 0.1) is 6.61 Å². The molecular weight excluding hydrogens is 473 g/mol. The predicted molar refractivity (Wildman–Crippen MR) is 107 cm³/mol. The molecule has 0 spiro atoms. The number of carbonyl (C=O) groups is 1. The van der Waals surface area contributed by atoms with Gasteiger partial charge in [0.15, 0.2) is 28.2 Å². The van der Waals surface area contributed by atoms with E-state index in [1.807, 2.05) is 0 Å². The third-order valence-corrected chi connectivity index (χ3v) is 5.58. The Labute approximate surface area is 187 Å². The van der Waals surface area contributed by atoms with Crippen molar-refractivity contribution in [3.05, 3.63) is 65.0 Å². The van der Waals surface area contributed by atoms with Gasteiger partial charge in [-0.3, -0.25) is 4.79 Å². The highest BCUT2D eigenvalue weighted by Crippen LogP contribution is 2.27. The first-order chi connectivity index (χ1) is 15.2. The normalized spacial score (nSPS) is 13.1. The van der Waals surface area contributed by atoms with E-state index in [1.54, 1.807) is 35.1 Å². The van der Waals surface area contributed by atoms with Gasteiger partial charge in [0.2, 0.25) is 15.8 Å². The lowest BCUT2D eigenvalue weighted by molar-refractivity contribution is -0.157. The standard InChI is InChI=1S/C21H22F5NO5S/c1-21(2,3)32-20(28)13(9-10-31-11-12-7-5-4-6-8-12)27-33(29,30)19-17(25)15(23)14(22)16(24)18(19)26/h4-8,13,27H,9-11H2,1-3H3. The minimum Gasteiger partial charge on any atom is -0.459 e. The molecule has 0 aliphatic rings. The van der Waals surface area contributed by atoms with Gasteiger partial charge in [-0.2, -0.15) is 4.72 Å². The maximum Gasteiger partial charge on any atom is 0.324 e. The van der Waals surface area contributed by atoms with Crippen LogP contribution in [-0.2, 0) is 30.9 Å². The van der Waals surface area contributed by atoms with Crippen molar-refractivity contribution in [2.45, 2.75) is 50.3 Å². The van der Waals surface area contributed by atoms with E-state index in [1.165, 1.54) is 20.8 Å². The Balaban J connectivity index is 2.27. The average molecular weight is 495 g/mol. The lowest BCUT2D eigenvalue weighted by Crippen LogP contribution is -2.45. The maximum absolute atomic E-state index is 14.0. The number of nitrogens with one attached hydrogen (secondary N) is 1. The molecule has 0 aliphatic heterocycles. The highest BCUT2D eigenvalue weighted by Gasteiger charge is 2.37. The quantitative estimate of drug-likeness (QED) is 0.187. The molecule has 2 rings (SSSR count). The number of ether oxygens (including phenoxy) is 2. The summed E-state index contributed by atoms with van der Waals surface area (Å²) in [5.74, 6) is -13.6. The molecule has 0 heterocycles. The maximum atomic E-state index is 14.0. The van der Waals surface area contributed by atoms with Gasteiger partial charge in [0.1, 0.15) is 11.6 Å². The van der Waals surface area contributed by atoms with E-state index < -0.39 is 61.6 Å². The van der Waals surface area contributed by atoms with Crippen LogP contribution in [0.4, 0.5) is 22.0 Å². The molecule has 6 nitrogen and oxygen atoms in total. The van der Waals surface area contributed by atoms with Crippen LogP contribution in [-0.4, -0.2) is 32.6 Å². The number of benzene rings is 2. The molecule has 182 valence electrons. The molecule has 33 heavy (non-hydrogen) atoms. The van der Waals surface area contributed by atoms with Crippen LogP contribution in [0.1, 0.15) is 32.8 Å². The topological polar surface area (TPSA) is 81.7 Å². The highest BCUT2D eigenvalue weighted by atomic mass is 32.2. The van der Waals surface area contributed by atoms with Crippen molar-refractivity contribution >= 4 is 16.0 Å². The molecule has 2 aromatic carbocycles. The third kappa shape index (κ3) is 6.95. The number of hydrogen-bond donors (Lipinski definition) is 1. The summed E-state index contributed by atoms with van der Waals surface area (Å²) in [4.78, 5) is 10.4. The molecule has 0 saturated heterocycles. The molecular formula is C21H22F5NO5S. The molecule has 2 aromatic rings. The predicted octanol–water partition coefficient (Wildman–Crippen LogP) is 3.98. The van der Waals surface area contributed by atoms with Crippen LogP contribution in [0.25, 0.3) is 0 Å². The number of carbonyl (C=O) groups excluding carboxylic acids is 1. The van der Waals surface area contributed by atoms with Gasteiger partial charge in [0, 0.05) is 6.61 Å². The highest BCUT2D eigenvalue weighted by molar-refractivity contribution is 7.89. The molecule has 1 atom stereocenters. The number of sulfonamides is 1. The molecule has 1 N–H and O–H groups in total. The average Bonchev–Trinajstić information content (AvgIpc) is 2.72. The summed E-state index contributed by atoms with van der Waals surface area (Å²) in [6.45, 7) is 4.40. The SMILES string of the molecule is CC(C)(C)OC(=O)C(CCOCc1ccccc1)NS(=O)(=O)c1c(F)c(F)c(F)c(F)c1F. The first kappa shape index (κ1) is 26.7. The first-order valence-corrected chi connectivity index (χ1v) is 11.1. The van der Waals surface area contributed by atoms with Crippen LogP contribution in [0.2, 0.25) is 0 Å². The zero-order valence-electron chi connectivity index (χ0n) is 17.9. The summed E-state index contributed by atoms with van der Waals surface area (Å²) in [6, 6.07) is 7.10. The van der Waals surface area contributed by atoms with Crippen molar-refractivity contribution in [2.24, 2.45) is 0 Å². The summed E-state index contributed by atoms with van der Waals surface area (Å²) in [6.07, 6.45) is -0.351. The minimum atomic E-state index is -5.38. The lowest BCUT2D eigenvalue weighted by atomic mass is 10.1. The van der Waals surface area contributed by atoms with Crippen molar-refractivity contribution in [1.29, 1.82) is 0 Å². The molecule has 0 amide bonds. The Morgan fingerprint density at radius 3 is 1.97 bits per heavy atom. The number of esters is 1. The van der Waals surface area contributed by atoms with Gasteiger partial charge in [-0.05, 0) is 32.8 Å². The minimum absolute atomic E-state index is 0.117. The fraction of sp³-hybridized carbons (Fsp3) is 0.381. The van der Waals surface area contributed by atoms with E-state index in [2.05, 4.69) is 0 Å². The van der Waals surface area contributed by atoms with E-state index in [0.717, 1.165) is 5.56 Å². The Kier molecular flexibility index (Phi) is 8.55. The fourth-order valence-corrected chi connectivity index (χ4v) is 3.99. The number of rotatable bonds is 9. The zero-order chi connectivity index (χ0) is 25.0. The lowest BCUT2D eigenvalue weighted by Gasteiger charge is -2.24. The van der Waals surface area contributed by atoms with Crippen molar-refractivity contribution in [3.63, 3.8) is 0 Å². The Bertz CT molecular complexity index is 1080.